The second-order valence-corrected chi connectivity index (χ2v) is 8.18. The summed E-state index contributed by atoms with van der Waals surface area (Å²) >= 11 is 1.01. The summed E-state index contributed by atoms with van der Waals surface area (Å²) < 4.78 is 61.4. The Morgan fingerprint density at radius 3 is 2.21 bits per heavy atom. The van der Waals surface area contributed by atoms with Crippen LogP contribution in [0.3, 0.4) is 0 Å². The first-order valence-corrected chi connectivity index (χ1v) is 10.2. The Kier molecular flexibility index (Phi) is 7.17. The molecule has 0 radical (unpaired) electrons. The maximum atomic E-state index is 14.2. The molecule has 2 rings (SSSR count). The van der Waals surface area contributed by atoms with Gasteiger partial charge in [0.15, 0.2) is 23.3 Å². The van der Waals surface area contributed by atoms with Crippen molar-refractivity contribution in [2.24, 2.45) is 17.3 Å². The van der Waals surface area contributed by atoms with Gasteiger partial charge in [-0.3, -0.25) is 4.79 Å². The third-order valence-electron chi connectivity index (χ3n) is 5.09. The Morgan fingerprint density at radius 2 is 1.72 bits per heavy atom. The zero-order valence-electron chi connectivity index (χ0n) is 16.5. The fourth-order valence-electron chi connectivity index (χ4n) is 3.30. The van der Waals surface area contributed by atoms with Crippen molar-refractivity contribution in [2.75, 3.05) is 6.26 Å². The number of thioether (sulfide) groups is 1. The second kappa shape index (κ2) is 9.04. The van der Waals surface area contributed by atoms with Crippen LogP contribution >= 0.6 is 11.8 Å². The number of carbonyl (C=O) groups is 1. The standard InChI is InChI=1S/C21H21F4NO2S/c1-5-6-11(8-26)7-14-15(21(14,2)3)20(27)28-9-12-16(22)18(24)13(10-29-4)19(25)17(12)23/h5-7,14-15H,9-10H2,1-4H3/b6-5+,11-7-/t14-,15+/m1/s1. The summed E-state index contributed by atoms with van der Waals surface area (Å²) in [6.07, 6.45) is 6.47. The van der Waals surface area contributed by atoms with Gasteiger partial charge < -0.3 is 4.74 Å². The summed E-state index contributed by atoms with van der Waals surface area (Å²) in [4.78, 5) is 12.4. The Morgan fingerprint density at radius 1 is 1.17 bits per heavy atom. The van der Waals surface area contributed by atoms with Crippen LogP contribution in [-0.2, 0) is 21.9 Å². The number of ether oxygens (including phenoxy) is 1. The van der Waals surface area contributed by atoms with E-state index in [1.165, 1.54) is 0 Å². The van der Waals surface area contributed by atoms with Gasteiger partial charge in [-0.15, -0.1) is 0 Å². The molecule has 0 heterocycles. The van der Waals surface area contributed by atoms with E-state index in [1.54, 1.807) is 45.3 Å². The van der Waals surface area contributed by atoms with Gasteiger partial charge in [0, 0.05) is 16.9 Å². The Hall–Kier alpha value is -2.27. The summed E-state index contributed by atoms with van der Waals surface area (Å²) in [6.45, 7) is 4.42. The summed E-state index contributed by atoms with van der Waals surface area (Å²) in [5, 5.41) is 9.11. The van der Waals surface area contributed by atoms with E-state index in [2.05, 4.69) is 0 Å². The van der Waals surface area contributed by atoms with Gasteiger partial charge in [-0.05, 0) is 30.6 Å². The number of hydrogen-bond donors (Lipinski definition) is 0. The summed E-state index contributed by atoms with van der Waals surface area (Å²) in [5.74, 6) is -8.01. The lowest BCUT2D eigenvalue weighted by Gasteiger charge is -2.12. The SMILES string of the molecule is C/C=C/C(C#N)=C/[C@@H]1[C@@H](C(=O)OCc2c(F)c(F)c(CSC)c(F)c2F)C1(C)C. The van der Waals surface area contributed by atoms with Crippen LogP contribution in [0.4, 0.5) is 17.6 Å². The third-order valence-corrected chi connectivity index (χ3v) is 5.67. The predicted molar refractivity (Wildman–Crippen MR) is 103 cm³/mol. The van der Waals surface area contributed by atoms with Gasteiger partial charge in [-0.1, -0.05) is 26.0 Å². The van der Waals surface area contributed by atoms with Gasteiger partial charge in [0.05, 0.1) is 17.6 Å². The van der Waals surface area contributed by atoms with E-state index in [0.29, 0.717) is 5.57 Å². The topological polar surface area (TPSA) is 50.1 Å². The monoisotopic (exact) mass is 427 g/mol. The number of esters is 1. The molecule has 0 bridgehead atoms. The Labute approximate surface area is 171 Å². The number of benzene rings is 1. The number of nitrogens with zero attached hydrogens (tertiary/aromatic N) is 1. The molecule has 1 aliphatic carbocycles. The molecule has 0 N–H and O–H groups in total. The minimum absolute atomic E-state index is 0.233. The van der Waals surface area contributed by atoms with Crippen molar-refractivity contribution in [1.82, 2.24) is 0 Å². The van der Waals surface area contributed by atoms with Gasteiger partial charge in [-0.2, -0.15) is 17.0 Å². The fraction of sp³-hybridized carbons (Fsp3) is 0.429. The van der Waals surface area contributed by atoms with E-state index >= 15 is 0 Å². The van der Waals surface area contributed by atoms with E-state index in [-0.39, 0.29) is 11.7 Å². The molecule has 1 aromatic carbocycles. The largest absolute Gasteiger partial charge is 0.460 e. The highest BCUT2D eigenvalue weighted by Crippen LogP contribution is 2.60. The molecule has 1 aromatic rings. The van der Waals surface area contributed by atoms with Crippen LogP contribution in [-0.4, -0.2) is 12.2 Å². The highest BCUT2D eigenvalue weighted by Gasteiger charge is 2.61. The van der Waals surface area contributed by atoms with Crippen molar-refractivity contribution in [3.05, 3.63) is 58.2 Å². The first-order chi connectivity index (χ1) is 13.6. The molecule has 0 amide bonds. The number of carbonyl (C=O) groups excluding carboxylic acids is 1. The molecule has 0 unspecified atom stereocenters. The van der Waals surface area contributed by atoms with Crippen LogP contribution in [0.1, 0.15) is 31.9 Å². The van der Waals surface area contributed by atoms with Crippen molar-refractivity contribution in [1.29, 1.82) is 5.26 Å². The lowest BCUT2D eigenvalue weighted by molar-refractivity contribution is -0.147. The Balaban J connectivity index is 2.19. The van der Waals surface area contributed by atoms with E-state index in [4.69, 9.17) is 10.00 Å². The normalized spacial score (nSPS) is 20.6. The molecule has 1 aliphatic rings. The van der Waals surface area contributed by atoms with Gasteiger partial charge in [-0.25, -0.2) is 17.6 Å². The third kappa shape index (κ3) is 4.50. The first-order valence-electron chi connectivity index (χ1n) is 8.85. The minimum Gasteiger partial charge on any atom is -0.460 e. The molecule has 29 heavy (non-hydrogen) atoms. The molecule has 156 valence electrons. The molecule has 2 atom stereocenters. The van der Waals surface area contributed by atoms with Crippen molar-refractivity contribution in [3.8, 4) is 6.07 Å². The molecule has 1 saturated carbocycles. The number of hydrogen-bond acceptors (Lipinski definition) is 4. The van der Waals surface area contributed by atoms with Gasteiger partial charge in [0.1, 0.15) is 6.61 Å². The molecular formula is C21H21F4NO2S. The fourth-order valence-corrected chi connectivity index (χ4v) is 3.84. The summed E-state index contributed by atoms with van der Waals surface area (Å²) in [6, 6.07) is 2.01. The van der Waals surface area contributed by atoms with Crippen LogP contribution in [0.2, 0.25) is 0 Å². The van der Waals surface area contributed by atoms with E-state index in [0.717, 1.165) is 11.8 Å². The quantitative estimate of drug-likeness (QED) is 0.191. The lowest BCUT2D eigenvalue weighted by atomic mass is 10.1. The molecule has 3 nitrogen and oxygen atoms in total. The van der Waals surface area contributed by atoms with Crippen LogP contribution < -0.4 is 0 Å². The predicted octanol–water partition coefficient (Wildman–Crippen LogP) is 5.45. The highest BCUT2D eigenvalue weighted by molar-refractivity contribution is 7.97. The molecule has 1 fully saturated rings. The van der Waals surface area contributed by atoms with Gasteiger partial charge >= 0.3 is 5.97 Å². The van der Waals surface area contributed by atoms with Crippen LogP contribution in [0.25, 0.3) is 0 Å². The first kappa shape index (κ1) is 23.0. The molecular weight excluding hydrogens is 406 g/mol. The summed E-state index contributed by atoms with van der Waals surface area (Å²) in [5.41, 5.74) is -1.79. The van der Waals surface area contributed by atoms with Crippen LogP contribution in [0, 0.1) is 51.9 Å². The van der Waals surface area contributed by atoms with Crippen LogP contribution in [0.5, 0.6) is 0 Å². The number of halogens is 4. The summed E-state index contributed by atoms with van der Waals surface area (Å²) in [7, 11) is 0. The van der Waals surface area contributed by atoms with Crippen molar-refractivity contribution in [3.63, 3.8) is 0 Å². The minimum atomic E-state index is -1.56. The molecule has 0 spiro atoms. The van der Waals surface area contributed by atoms with E-state index in [9.17, 15) is 22.4 Å². The van der Waals surface area contributed by atoms with Crippen molar-refractivity contribution in [2.45, 2.75) is 33.1 Å². The van der Waals surface area contributed by atoms with Crippen molar-refractivity contribution >= 4 is 17.7 Å². The lowest BCUT2D eigenvalue weighted by Crippen LogP contribution is -2.14. The molecule has 0 saturated heterocycles. The average Bonchev–Trinajstić information content (AvgIpc) is 3.22. The maximum Gasteiger partial charge on any atom is 0.310 e. The number of nitriles is 1. The smallest absolute Gasteiger partial charge is 0.310 e. The zero-order chi connectivity index (χ0) is 21.9. The van der Waals surface area contributed by atoms with Gasteiger partial charge in [0.2, 0.25) is 0 Å². The maximum absolute atomic E-state index is 14.2. The molecule has 0 aromatic heterocycles. The van der Waals surface area contributed by atoms with Crippen molar-refractivity contribution < 1.29 is 27.1 Å². The number of rotatable bonds is 7. The zero-order valence-corrected chi connectivity index (χ0v) is 17.3. The molecule has 0 aliphatic heterocycles. The van der Waals surface area contributed by atoms with E-state index in [1.807, 2.05) is 6.07 Å². The second-order valence-electron chi connectivity index (χ2n) is 7.31. The van der Waals surface area contributed by atoms with Gasteiger partial charge in [0.25, 0.3) is 0 Å². The highest BCUT2D eigenvalue weighted by atomic mass is 32.2. The Bertz CT molecular complexity index is 889. The molecule has 8 heteroatoms. The number of allylic oxidation sites excluding steroid dienone is 4. The van der Waals surface area contributed by atoms with E-state index < -0.39 is 58.3 Å². The average molecular weight is 427 g/mol. The van der Waals surface area contributed by atoms with Crippen LogP contribution in [0.15, 0.2) is 23.8 Å².